The SMILES string of the molecule is CCCCCCCCC(=O)NC(N)=O. The zero-order valence-corrected chi connectivity index (χ0v) is 8.84. The van der Waals surface area contributed by atoms with Crippen LogP contribution in [0.2, 0.25) is 0 Å². The number of carbonyl (C=O) groups is 2. The van der Waals surface area contributed by atoms with Crippen molar-refractivity contribution in [2.24, 2.45) is 5.73 Å². The number of carbonyl (C=O) groups excluding carboxylic acids is 2. The number of urea groups is 1. The van der Waals surface area contributed by atoms with Crippen LogP contribution >= 0.6 is 0 Å². The first-order valence-electron chi connectivity index (χ1n) is 5.26. The van der Waals surface area contributed by atoms with Gasteiger partial charge < -0.3 is 5.73 Å². The first-order valence-corrected chi connectivity index (χ1v) is 5.26. The van der Waals surface area contributed by atoms with Crippen LogP contribution in [0, 0.1) is 0 Å². The minimum absolute atomic E-state index is 0.270. The largest absolute Gasteiger partial charge is 0.351 e. The first kappa shape index (κ1) is 12.9. The van der Waals surface area contributed by atoms with Crippen molar-refractivity contribution in [1.82, 2.24) is 5.32 Å². The smallest absolute Gasteiger partial charge is 0.318 e. The fourth-order valence-electron chi connectivity index (χ4n) is 1.27. The number of nitrogens with two attached hydrogens (primary N) is 1. The average Bonchev–Trinajstić information content (AvgIpc) is 2.10. The molecule has 0 atom stereocenters. The maximum Gasteiger partial charge on any atom is 0.318 e. The van der Waals surface area contributed by atoms with Crippen LogP contribution in [0.1, 0.15) is 51.9 Å². The molecule has 0 aliphatic carbocycles. The third-order valence-electron chi connectivity index (χ3n) is 2.02. The third kappa shape index (κ3) is 9.03. The van der Waals surface area contributed by atoms with Crippen LogP contribution in [-0.2, 0) is 4.79 Å². The highest BCUT2D eigenvalue weighted by atomic mass is 16.2. The molecule has 3 amide bonds. The molecule has 0 unspecified atom stereocenters. The molecule has 0 aromatic rings. The molecule has 0 saturated carbocycles. The maximum atomic E-state index is 10.9. The van der Waals surface area contributed by atoms with Crippen LogP contribution in [0.5, 0.6) is 0 Å². The van der Waals surface area contributed by atoms with Gasteiger partial charge in [-0.05, 0) is 6.42 Å². The van der Waals surface area contributed by atoms with Crippen molar-refractivity contribution >= 4 is 11.9 Å². The molecule has 82 valence electrons. The fraction of sp³-hybridized carbons (Fsp3) is 0.800. The third-order valence-corrected chi connectivity index (χ3v) is 2.02. The quantitative estimate of drug-likeness (QED) is 0.616. The highest BCUT2D eigenvalue weighted by Crippen LogP contribution is 2.06. The molecular weight excluding hydrogens is 180 g/mol. The molecule has 14 heavy (non-hydrogen) atoms. The van der Waals surface area contributed by atoms with Gasteiger partial charge in [-0.2, -0.15) is 0 Å². The van der Waals surface area contributed by atoms with Gasteiger partial charge >= 0.3 is 6.03 Å². The molecule has 4 nitrogen and oxygen atoms in total. The van der Waals surface area contributed by atoms with Crippen LogP contribution in [0.15, 0.2) is 0 Å². The van der Waals surface area contributed by atoms with Gasteiger partial charge in [-0.1, -0.05) is 39.0 Å². The van der Waals surface area contributed by atoms with Crippen molar-refractivity contribution < 1.29 is 9.59 Å². The molecule has 0 bridgehead atoms. The minimum atomic E-state index is -0.763. The van der Waals surface area contributed by atoms with Gasteiger partial charge in [0.1, 0.15) is 0 Å². The van der Waals surface area contributed by atoms with E-state index in [2.05, 4.69) is 6.92 Å². The predicted molar refractivity (Wildman–Crippen MR) is 55.7 cm³/mol. The summed E-state index contributed by atoms with van der Waals surface area (Å²) in [7, 11) is 0. The lowest BCUT2D eigenvalue weighted by Gasteiger charge is -2.00. The Morgan fingerprint density at radius 2 is 1.64 bits per heavy atom. The van der Waals surface area contributed by atoms with Gasteiger partial charge in [0, 0.05) is 6.42 Å². The van der Waals surface area contributed by atoms with Gasteiger partial charge in [0.15, 0.2) is 0 Å². The van der Waals surface area contributed by atoms with Crippen molar-refractivity contribution in [3.63, 3.8) is 0 Å². The molecule has 0 aliphatic rings. The molecule has 0 radical (unpaired) electrons. The summed E-state index contributed by atoms with van der Waals surface area (Å²) in [6.45, 7) is 2.17. The number of amides is 3. The van der Waals surface area contributed by atoms with E-state index in [1.807, 2.05) is 5.32 Å². The van der Waals surface area contributed by atoms with Crippen molar-refractivity contribution in [3.05, 3.63) is 0 Å². The van der Waals surface area contributed by atoms with E-state index in [-0.39, 0.29) is 5.91 Å². The van der Waals surface area contributed by atoms with E-state index in [0.717, 1.165) is 19.3 Å². The van der Waals surface area contributed by atoms with Crippen molar-refractivity contribution in [2.75, 3.05) is 0 Å². The summed E-state index contributed by atoms with van der Waals surface area (Å²) in [5.74, 6) is -0.270. The Kier molecular flexibility index (Phi) is 7.89. The molecule has 0 saturated heterocycles. The molecule has 0 rings (SSSR count). The number of rotatable bonds is 7. The molecule has 0 fully saturated rings. The van der Waals surface area contributed by atoms with Crippen molar-refractivity contribution in [3.8, 4) is 0 Å². The van der Waals surface area contributed by atoms with Crippen molar-refractivity contribution in [1.29, 1.82) is 0 Å². The summed E-state index contributed by atoms with van der Waals surface area (Å²) in [5, 5.41) is 2.04. The van der Waals surface area contributed by atoms with Gasteiger partial charge in [-0.25, -0.2) is 4.79 Å². The van der Waals surface area contributed by atoms with Gasteiger partial charge in [0.2, 0.25) is 5.91 Å². The number of nitrogens with one attached hydrogen (secondary N) is 1. The van der Waals surface area contributed by atoms with E-state index in [4.69, 9.17) is 5.73 Å². The zero-order chi connectivity index (χ0) is 10.8. The van der Waals surface area contributed by atoms with Crippen LogP contribution < -0.4 is 11.1 Å². The van der Waals surface area contributed by atoms with Crippen LogP contribution in [0.4, 0.5) is 4.79 Å². The average molecular weight is 200 g/mol. The van der Waals surface area contributed by atoms with E-state index < -0.39 is 6.03 Å². The monoisotopic (exact) mass is 200 g/mol. The van der Waals surface area contributed by atoms with Crippen LogP contribution in [0.3, 0.4) is 0 Å². The highest BCUT2D eigenvalue weighted by molar-refractivity contribution is 5.93. The topological polar surface area (TPSA) is 72.2 Å². The first-order chi connectivity index (χ1) is 6.66. The standard InChI is InChI=1S/C10H20N2O2/c1-2-3-4-5-6-7-8-9(13)12-10(11)14/h2-8H2,1H3,(H3,11,12,13,14). The predicted octanol–water partition coefficient (Wildman–Crippen LogP) is 1.93. The lowest BCUT2D eigenvalue weighted by Crippen LogP contribution is -2.34. The number of unbranched alkanes of at least 4 members (excludes halogenated alkanes) is 5. The maximum absolute atomic E-state index is 10.9. The molecule has 3 N–H and O–H groups in total. The molecule has 0 aliphatic heterocycles. The summed E-state index contributed by atoms with van der Waals surface area (Å²) < 4.78 is 0. The lowest BCUT2D eigenvalue weighted by atomic mass is 10.1. The Morgan fingerprint density at radius 1 is 1.07 bits per heavy atom. The number of hydrogen-bond donors (Lipinski definition) is 2. The highest BCUT2D eigenvalue weighted by Gasteiger charge is 2.02. The number of hydrogen-bond acceptors (Lipinski definition) is 2. The molecule has 0 aromatic carbocycles. The van der Waals surface area contributed by atoms with E-state index in [9.17, 15) is 9.59 Å². The Hall–Kier alpha value is -1.06. The summed E-state index contributed by atoms with van der Waals surface area (Å²) >= 11 is 0. The van der Waals surface area contributed by atoms with Crippen LogP contribution in [0.25, 0.3) is 0 Å². The van der Waals surface area contributed by atoms with E-state index in [1.54, 1.807) is 0 Å². The number of imide groups is 1. The Morgan fingerprint density at radius 3 is 2.21 bits per heavy atom. The Bertz CT molecular complexity index is 181. The number of primary amides is 1. The van der Waals surface area contributed by atoms with Gasteiger partial charge in [-0.3, -0.25) is 10.1 Å². The van der Waals surface area contributed by atoms with E-state index >= 15 is 0 Å². The second-order valence-electron chi connectivity index (χ2n) is 3.43. The summed E-state index contributed by atoms with van der Waals surface area (Å²) in [6.07, 6.45) is 7.16. The second kappa shape index (κ2) is 8.53. The van der Waals surface area contributed by atoms with Gasteiger partial charge in [0.25, 0.3) is 0 Å². The summed E-state index contributed by atoms with van der Waals surface area (Å²) in [6, 6.07) is -0.763. The summed E-state index contributed by atoms with van der Waals surface area (Å²) in [4.78, 5) is 21.2. The molecule has 0 aromatic heterocycles. The van der Waals surface area contributed by atoms with E-state index in [0.29, 0.717) is 6.42 Å². The van der Waals surface area contributed by atoms with Gasteiger partial charge in [-0.15, -0.1) is 0 Å². The normalized spacial score (nSPS) is 9.79. The lowest BCUT2D eigenvalue weighted by molar-refractivity contribution is -0.120. The van der Waals surface area contributed by atoms with Crippen LogP contribution in [-0.4, -0.2) is 11.9 Å². The Balaban J connectivity index is 3.19. The molecule has 0 heterocycles. The minimum Gasteiger partial charge on any atom is -0.351 e. The zero-order valence-electron chi connectivity index (χ0n) is 8.84. The molecule has 4 heteroatoms. The second-order valence-corrected chi connectivity index (χ2v) is 3.43. The summed E-state index contributed by atoms with van der Waals surface area (Å²) in [5.41, 5.74) is 4.79. The Labute approximate surface area is 85.2 Å². The van der Waals surface area contributed by atoms with Crippen molar-refractivity contribution in [2.45, 2.75) is 51.9 Å². The molecular formula is C10H20N2O2. The molecule has 0 spiro atoms. The van der Waals surface area contributed by atoms with E-state index in [1.165, 1.54) is 19.3 Å². The van der Waals surface area contributed by atoms with Gasteiger partial charge in [0.05, 0.1) is 0 Å². The fourth-order valence-corrected chi connectivity index (χ4v) is 1.27.